The average molecular weight is 493 g/mol. The molecule has 0 spiro atoms. The SMILES string of the molecule is COc1ccc(-c2nn(-c3ccccc3)cc2C(=O)Nc2ccc(C)c(S(N)(=O)=O)c2)c(OC)c1. The molecule has 3 N–H and O–H groups in total. The van der Waals surface area contributed by atoms with Gasteiger partial charge in [-0.25, -0.2) is 18.2 Å². The van der Waals surface area contributed by atoms with Gasteiger partial charge in [0, 0.05) is 23.5 Å². The molecule has 0 bridgehead atoms. The third-order valence-corrected chi connectivity index (χ3v) is 6.45. The molecule has 1 heterocycles. The van der Waals surface area contributed by atoms with Crippen LogP contribution >= 0.6 is 0 Å². The van der Waals surface area contributed by atoms with Crippen LogP contribution in [-0.4, -0.2) is 38.3 Å². The van der Waals surface area contributed by atoms with Crippen molar-refractivity contribution < 1.29 is 22.7 Å². The first-order valence-corrected chi connectivity index (χ1v) is 12.1. The van der Waals surface area contributed by atoms with E-state index in [0.717, 1.165) is 5.69 Å². The van der Waals surface area contributed by atoms with Gasteiger partial charge >= 0.3 is 0 Å². The van der Waals surface area contributed by atoms with Gasteiger partial charge in [0.05, 0.1) is 30.4 Å². The Hall–Kier alpha value is -4.15. The number of carbonyl (C=O) groups is 1. The summed E-state index contributed by atoms with van der Waals surface area (Å²) in [6, 6.07) is 19.1. The average Bonchev–Trinajstić information content (AvgIpc) is 3.30. The van der Waals surface area contributed by atoms with Crippen LogP contribution in [0, 0.1) is 6.92 Å². The highest BCUT2D eigenvalue weighted by atomic mass is 32.2. The molecule has 4 aromatic rings. The lowest BCUT2D eigenvalue weighted by Gasteiger charge is -2.11. The van der Waals surface area contributed by atoms with Crippen LogP contribution in [0.2, 0.25) is 0 Å². The number of amides is 1. The summed E-state index contributed by atoms with van der Waals surface area (Å²) in [5.41, 5.74) is 2.74. The monoisotopic (exact) mass is 492 g/mol. The van der Waals surface area contributed by atoms with E-state index in [2.05, 4.69) is 10.4 Å². The van der Waals surface area contributed by atoms with Gasteiger partial charge in [-0.05, 0) is 48.9 Å². The van der Waals surface area contributed by atoms with Gasteiger partial charge < -0.3 is 14.8 Å². The third-order valence-electron chi connectivity index (χ3n) is 5.40. The minimum Gasteiger partial charge on any atom is -0.497 e. The number of nitrogens with one attached hydrogen (secondary N) is 1. The molecule has 1 amide bonds. The molecular formula is C25H24N4O5S. The number of anilines is 1. The number of aromatic nitrogens is 2. The molecule has 10 heteroatoms. The maximum absolute atomic E-state index is 13.4. The van der Waals surface area contributed by atoms with E-state index in [4.69, 9.17) is 14.6 Å². The van der Waals surface area contributed by atoms with Gasteiger partial charge in [0.25, 0.3) is 5.91 Å². The first-order chi connectivity index (χ1) is 16.7. The maximum Gasteiger partial charge on any atom is 0.259 e. The second kappa shape index (κ2) is 9.61. The Labute approximate surface area is 203 Å². The predicted octanol–water partition coefficient (Wildman–Crippen LogP) is 3.76. The molecular weight excluding hydrogens is 468 g/mol. The van der Waals surface area contributed by atoms with Crippen molar-refractivity contribution in [2.45, 2.75) is 11.8 Å². The predicted molar refractivity (Wildman–Crippen MR) is 133 cm³/mol. The zero-order valence-electron chi connectivity index (χ0n) is 19.3. The number of ether oxygens (including phenoxy) is 2. The van der Waals surface area contributed by atoms with Crippen LogP contribution in [0.15, 0.2) is 77.8 Å². The molecule has 0 saturated carbocycles. The maximum atomic E-state index is 13.4. The first kappa shape index (κ1) is 24.0. The Bertz CT molecular complexity index is 1500. The standard InChI is InChI=1S/C25H24N4O5S/c1-16-9-10-17(13-23(16)35(26,31)32)27-25(30)21-15-29(18-7-5-4-6-8-18)28-24(21)20-12-11-19(33-2)14-22(20)34-3/h4-15H,1-3H3,(H,27,30)(H2,26,31,32). The fraction of sp³-hybridized carbons (Fsp3) is 0.120. The van der Waals surface area contributed by atoms with E-state index in [1.54, 1.807) is 55.2 Å². The van der Waals surface area contributed by atoms with Crippen molar-refractivity contribution in [1.82, 2.24) is 9.78 Å². The summed E-state index contributed by atoms with van der Waals surface area (Å²) in [6.45, 7) is 1.63. The fourth-order valence-corrected chi connectivity index (χ4v) is 4.44. The number of primary sulfonamides is 1. The number of hydrogen-bond donors (Lipinski definition) is 2. The summed E-state index contributed by atoms with van der Waals surface area (Å²) in [5, 5.41) is 12.7. The summed E-state index contributed by atoms with van der Waals surface area (Å²) in [4.78, 5) is 13.3. The number of aryl methyl sites for hydroxylation is 1. The van der Waals surface area contributed by atoms with Crippen molar-refractivity contribution in [3.63, 3.8) is 0 Å². The minimum absolute atomic E-state index is 0.0627. The Morgan fingerprint density at radius 2 is 1.74 bits per heavy atom. The lowest BCUT2D eigenvalue weighted by molar-refractivity contribution is 0.102. The van der Waals surface area contributed by atoms with E-state index in [1.807, 2.05) is 30.3 Å². The van der Waals surface area contributed by atoms with Crippen LogP contribution in [0.1, 0.15) is 15.9 Å². The fourth-order valence-electron chi connectivity index (χ4n) is 3.63. The van der Waals surface area contributed by atoms with Crippen LogP contribution < -0.4 is 19.9 Å². The largest absolute Gasteiger partial charge is 0.497 e. The highest BCUT2D eigenvalue weighted by molar-refractivity contribution is 7.89. The lowest BCUT2D eigenvalue weighted by atomic mass is 10.1. The molecule has 0 fully saturated rings. The second-order valence-electron chi connectivity index (χ2n) is 7.72. The molecule has 0 unspecified atom stereocenters. The quantitative estimate of drug-likeness (QED) is 0.405. The molecule has 0 aliphatic carbocycles. The second-order valence-corrected chi connectivity index (χ2v) is 9.25. The molecule has 0 saturated heterocycles. The molecule has 9 nitrogen and oxygen atoms in total. The molecule has 0 radical (unpaired) electrons. The van der Waals surface area contributed by atoms with Crippen molar-refractivity contribution in [2.75, 3.05) is 19.5 Å². The van der Waals surface area contributed by atoms with Gasteiger partial charge in [-0.3, -0.25) is 4.79 Å². The van der Waals surface area contributed by atoms with E-state index in [1.165, 1.54) is 13.2 Å². The van der Waals surface area contributed by atoms with Crippen LogP contribution in [0.3, 0.4) is 0 Å². The summed E-state index contributed by atoms with van der Waals surface area (Å²) in [7, 11) is -0.880. The number of carbonyl (C=O) groups excluding carboxylic acids is 1. The topological polar surface area (TPSA) is 126 Å². The summed E-state index contributed by atoms with van der Waals surface area (Å²) in [6.07, 6.45) is 1.61. The first-order valence-electron chi connectivity index (χ1n) is 10.5. The number of rotatable bonds is 7. The van der Waals surface area contributed by atoms with Crippen LogP contribution in [0.4, 0.5) is 5.69 Å². The van der Waals surface area contributed by atoms with E-state index >= 15 is 0 Å². The van der Waals surface area contributed by atoms with Gasteiger partial charge in [-0.1, -0.05) is 24.3 Å². The van der Waals surface area contributed by atoms with Crippen molar-refractivity contribution in [3.05, 3.63) is 84.1 Å². The lowest BCUT2D eigenvalue weighted by Crippen LogP contribution is -2.16. The van der Waals surface area contributed by atoms with Gasteiger partial charge in [-0.15, -0.1) is 0 Å². The normalized spacial score (nSPS) is 11.2. The van der Waals surface area contributed by atoms with Gasteiger partial charge in [-0.2, -0.15) is 5.10 Å². The highest BCUT2D eigenvalue weighted by Gasteiger charge is 2.22. The molecule has 0 aliphatic heterocycles. The Kier molecular flexibility index (Phi) is 6.59. The van der Waals surface area contributed by atoms with Gasteiger partial charge in [0.1, 0.15) is 17.2 Å². The number of nitrogens with two attached hydrogens (primary N) is 1. The number of benzene rings is 3. The molecule has 35 heavy (non-hydrogen) atoms. The number of sulfonamides is 1. The minimum atomic E-state index is -3.95. The van der Waals surface area contributed by atoms with Gasteiger partial charge in [0.15, 0.2) is 0 Å². The number of hydrogen-bond acceptors (Lipinski definition) is 6. The third kappa shape index (κ3) is 5.03. The summed E-state index contributed by atoms with van der Waals surface area (Å²) >= 11 is 0. The smallest absolute Gasteiger partial charge is 0.259 e. The number of methoxy groups -OCH3 is 2. The van der Waals surface area contributed by atoms with E-state index < -0.39 is 15.9 Å². The molecule has 180 valence electrons. The van der Waals surface area contributed by atoms with Crippen molar-refractivity contribution in [2.24, 2.45) is 5.14 Å². The van der Waals surface area contributed by atoms with Crippen molar-refractivity contribution in [1.29, 1.82) is 0 Å². The molecule has 0 atom stereocenters. The Morgan fingerprint density at radius 3 is 2.40 bits per heavy atom. The Morgan fingerprint density at radius 1 is 1.00 bits per heavy atom. The summed E-state index contributed by atoms with van der Waals surface area (Å²) < 4.78 is 36.2. The van der Waals surface area contributed by atoms with Crippen LogP contribution in [-0.2, 0) is 10.0 Å². The van der Waals surface area contributed by atoms with Crippen LogP contribution in [0.5, 0.6) is 11.5 Å². The van der Waals surface area contributed by atoms with Crippen molar-refractivity contribution >= 4 is 21.6 Å². The molecule has 4 rings (SSSR count). The van der Waals surface area contributed by atoms with E-state index in [9.17, 15) is 13.2 Å². The van der Waals surface area contributed by atoms with Gasteiger partial charge in [0.2, 0.25) is 10.0 Å². The van der Waals surface area contributed by atoms with E-state index in [0.29, 0.717) is 28.3 Å². The number of nitrogens with zero attached hydrogens (tertiary/aromatic N) is 2. The zero-order chi connectivity index (χ0) is 25.2. The Balaban J connectivity index is 1.81. The zero-order valence-corrected chi connectivity index (χ0v) is 20.2. The van der Waals surface area contributed by atoms with Crippen LogP contribution in [0.25, 0.3) is 16.9 Å². The van der Waals surface area contributed by atoms with Crippen molar-refractivity contribution in [3.8, 4) is 28.4 Å². The molecule has 0 aliphatic rings. The number of para-hydroxylation sites is 1. The summed E-state index contributed by atoms with van der Waals surface area (Å²) in [5.74, 6) is 0.585. The highest BCUT2D eigenvalue weighted by Crippen LogP contribution is 2.35. The van der Waals surface area contributed by atoms with E-state index in [-0.39, 0.29) is 16.1 Å². The molecule has 1 aromatic heterocycles. The molecule has 3 aromatic carbocycles.